The topological polar surface area (TPSA) is 49.6 Å². The first kappa shape index (κ1) is 19.1. The van der Waals surface area contributed by atoms with Gasteiger partial charge in [0.05, 0.1) is 4.92 Å². The van der Waals surface area contributed by atoms with E-state index in [-0.39, 0.29) is 10.6 Å². The van der Waals surface area contributed by atoms with E-state index >= 15 is 0 Å². The Morgan fingerprint density at radius 3 is 2.18 bits per heavy atom. The fourth-order valence-corrected chi connectivity index (χ4v) is 4.85. The van der Waals surface area contributed by atoms with E-state index in [9.17, 15) is 10.1 Å². The number of hydrogen-bond donors (Lipinski definition) is 0. The fourth-order valence-electron chi connectivity index (χ4n) is 4.85. The van der Waals surface area contributed by atoms with Crippen LogP contribution in [0, 0.1) is 10.1 Å². The molecule has 0 spiro atoms. The van der Waals surface area contributed by atoms with E-state index in [1.807, 2.05) is 12.1 Å². The molecule has 0 radical (unpaired) electrons. The van der Waals surface area contributed by atoms with Gasteiger partial charge in [0.2, 0.25) is 0 Å². The van der Waals surface area contributed by atoms with Crippen molar-refractivity contribution in [3.63, 3.8) is 0 Å². The van der Waals surface area contributed by atoms with Gasteiger partial charge in [0.15, 0.2) is 0 Å². The summed E-state index contributed by atoms with van der Waals surface area (Å²) in [6.45, 7) is 4.80. The van der Waals surface area contributed by atoms with E-state index in [4.69, 9.17) is 0 Å². The van der Waals surface area contributed by atoms with Crippen LogP contribution in [0.4, 0.5) is 5.69 Å². The highest BCUT2D eigenvalue weighted by Crippen LogP contribution is 2.35. The van der Waals surface area contributed by atoms with Gasteiger partial charge in [-0.3, -0.25) is 19.9 Å². The zero-order valence-corrected chi connectivity index (χ0v) is 16.4. The first-order chi connectivity index (χ1) is 13.7. The minimum atomic E-state index is -0.267. The molecule has 0 bridgehead atoms. The maximum atomic E-state index is 11.2. The Balaban J connectivity index is 1.27. The molecule has 4 rings (SSSR count). The van der Waals surface area contributed by atoms with Gasteiger partial charge in [0.25, 0.3) is 5.69 Å². The Hall–Kier alpha value is -2.24. The van der Waals surface area contributed by atoms with Gasteiger partial charge in [-0.2, -0.15) is 0 Å². The normalized spacial score (nSPS) is 24.1. The molecule has 0 aromatic heterocycles. The monoisotopic (exact) mass is 379 g/mol. The fraction of sp³-hybridized carbons (Fsp3) is 0.478. The molecule has 1 aliphatic carbocycles. The number of nitrogens with zero attached hydrogens (tertiary/aromatic N) is 3. The number of rotatable bonds is 5. The molecule has 1 saturated carbocycles. The van der Waals surface area contributed by atoms with Crippen LogP contribution in [0.1, 0.15) is 42.7 Å². The zero-order valence-electron chi connectivity index (χ0n) is 16.4. The summed E-state index contributed by atoms with van der Waals surface area (Å²) in [5, 5.41) is 11.2. The van der Waals surface area contributed by atoms with Crippen LogP contribution >= 0.6 is 0 Å². The highest BCUT2D eigenvalue weighted by atomic mass is 16.6. The largest absolute Gasteiger partial charge is 0.298 e. The Labute approximate surface area is 167 Å². The third-order valence-electron chi connectivity index (χ3n) is 6.47. The summed E-state index contributed by atoms with van der Waals surface area (Å²) in [7, 11) is 0. The van der Waals surface area contributed by atoms with Crippen LogP contribution in [-0.2, 0) is 6.54 Å². The molecule has 0 atom stereocenters. The van der Waals surface area contributed by atoms with Crippen LogP contribution in [0.2, 0.25) is 0 Å². The first-order valence-electron chi connectivity index (χ1n) is 10.4. The van der Waals surface area contributed by atoms with Gasteiger partial charge in [-0.1, -0.05) is 48.5 Å². The number of benzene rings is 2. The van der Waals surface area contributed by atoms with Gasteiger partial charge in [-0.25, -0.2) is 0 Å². The van der Waals surface area contributed by atoms with Crippen LogP contribution in [0.3, 0.4) is 0 Å². The van der Waals surface area contributed by atoms with E-state index in [1.165, 1.54) is 31.2 Å². The smallest absolute Gasteiger partial charge is 0.273 e. The average molecular weight is 380 g/mol. The van der Waals surface area contributed by atoms with Crippen molar-refractivity contribution in [2.75, 3.05) is 26.2 Å². The first-order valence-corrected chi connectivity index (χ1v) is 10.4. The van der Waals surface area contributed by atoms with Crippen molar-refractivity contribution in [3.8, 4) is 0 Å². The summed E-state index contributed by atoms with van der Waals surface area (Å²) in [5.41, 5.74) is 2.56. The molecule has 1 aliphatic heterocycles. The second kappa shape index (κ2) is 8.84. The van der Waals surface area contributed by atoms with E-state index in [0.29, 0.717) is 12.6 Å². The number of nitro groups is 1. The van der Waals surface area contributed by atoms with Gasteiger partial charge in [0.1, 0.15) is 0 Å². The van der Waals surface area contributed by atoms with Gasteiger partial charge in [-0.15, -0.1) is 0 Å². The van der Waals surface area contributed by atoms with Gasteiger partial charge in [-0.05, 0) is 37.2 Å². The number of para-hydroxylation sites is 1. The lowest BCUT2D eigenvalue weighted by Crippen LogP contribution is -2.50. The predicted octanol–water partition coefficient (Wildman–Crippen LogP) is 4.44. The molecule has 1 heterocycles. The Kier molecular flexibility index (Phi) is 6.03. The van der Waals surface area contributed by atoms with Crippen molar-refractivity contribution in [1.82, 2.24) is 9.80 Å². The molecule has 2 aromatic rings. The molecule has 1 saturated heterocycles. The molecular weight excluding hydrogens is 350 g/mol. The molecule has 2 fully saturated rings. The van der Waals surface area contributed by atoms with E-state index < -0.39 is 0 Å². The molecule has 5 heteroatoms. The van der Waals surface area contributed by atoms with Crippen molar-refractivity contribution in [1.29, 1.82) is 0 Å². The molecule has 148 valence electrons. The zero-order chi connectivity index (χ0) is 19.3. The number of hydrogen-bond acceptors (Lipinski definition) is 4. The Bertz CT molecular complexity index is 779. The van der Waals surface area contributed by atoms with Crippen LogP contribution in [0.15, 0.2) is 54.6 Å². The lowest BCUT2D eigenvalue weighted by atomic mass is 9.81. The van der Waals surface area contributed by atoms with Crippen molar-refractivity contribution in [2.24, 2.45) is 0 Å². The van der Waals surface area contributed by atoms with Crippen molar-refractivity contribution in [2.45, 2.75) is 44.2 Å². The van der Waals surface area contributed by atoms with Crippen LogP contribution < -0.4 is 0 Å². The molecule has 0 N–H and O–H groups in total. The average Bonchev–Trinajstić information content (AvgIpc) is 2.75. The standard InChI is InChI=1S/C23H29N3O2/c27-26(28)23-9-5-4-8-21(23)18-24-14-16-25(17-15-24)22-12-10-20(11-13-22)19-6-2-1-3-7-19/h1-9,20,22H,10-18H2. The Morgan fingerprint density at radius 2 is 1.50 bits per heavy atom. The summed E-state index contributed by atoms with van der Waals surface area (Å²) in [5.74, 6) is 0.720. The number of nitro benzene ring substituents is 1. The van der Waals surface area contributed by atoms with Gasteiger partial charge < -0.3 is 0 Å². The molecule has 0 amide bonds. The summed E-state index contributed by atoms with van der Waals surface area (Å²) in [4.78, 5) is 16.0. The van der Waals surface area contributed by atoms with Gasteiger partial charge in [0, 0.05) is 50.4 Å². The lowest BCUT2D eigenvalue weighted by Gasteiger charge is -2.42. The summed E-state index contributed by atoms with van der Waals surface area (Å²) in [6.07, 6.45) is 5.13. The van der Waals surface area contributed by atoms with Crippen molar-refractivity contribution >= 4 is 5.69 Å². The van der Waals surface area contributed by atoms with E-state index in [1.54, 1.807) is 12.1 Å². The highest BCUT2D eigenvalue weighted by molar-refractivity contribution is 5.39. The van der Waals surface area contributed by atoms with Crippen molar-refractivity contribution < 1.29 is 4.92 Å². The summed E-state index contributed by atoms with van der Waals surface area (Å²) >= 11 is 0. The molecule has 2 aromatic carbocycles. The van der Waals surface area contributed by atoms with Gasteiger partial charge >= 0.3 is 0 Å². The highest BCUT2D eigenvalue weighted by Gasteiger charge is 2.29. The molecular formula is C23H29N3O2. The minimum absolute atomic E-state index is 0.240. The van der Waals surface area contributed by atoms with Crippen molar-refractivity contribution in [3.05, 3.63) is 75.8 Å². The summed E-state index contributed by atoms with van der Waals surface area (Å²) < 4.78 is 0. The SMILES string of the molecule is O=[N+]([O-])c1ccccc1CN1CCN(C2CCC(c3ccccc3)CC2)CC1. The van der Waals surface area contributed by atoms with E-state index in [2.05, 4.69) is 40.1 Å². The quantitative estimate of drug-likeness (QED) is 0.569. The van der Waals surface area contributed by atoms with Crippen LogP contribution in [0.25, 0.3) is 0 Å². The second-order valence-electron chi connectivity index (χ2n) is 8.11. The summed E-state index contributed by atoms with van der Waals surface area (Å²) in [6, 6.07) is 18.8. The predicted molar refractivity (Wildman–Crippen MR) is 111 cm³/mol. The third-order valence-corrected chi connectivity index (χ3v) is 6.47. The lowest BCUT2D eigenvalue weighted by molar-refractivity contribution is -0.385. The Morgan fingerprint density at radius 1 is 0.857 bits per heavy atom. The molecule has 0 unspecified atom stereocenters. The second-order valence-corrected chi connectivity index (χ2v) is 8.11. The molecule has 2 aliphatic rings. The molecule has 5 nitrogen and oxygen atoms in total. The number of piperazine rings is 1. The molecule has 28 heavy (non-hydrogen) atoms. The maximum Gasteiger partial charge on any atom is 0.273 e. The van der Waals surface area contributed by atoms with Crippen LogP contribution in [0.5, 0.6) is 0 Å². The van der Waals surface area contributed by atoms with E-state index in [0.717, 1.165) is 37.7 Å². The maximum absolute atomic E-state index is 11.2. The third kappa shape index (κ3) is 4.42. The van der Waals surface area contributed by atoms with Crippen LogP contribution in [-0.4, -0.2) is 46.9 Å². The minimum Gasteiger partial charge on any atom is -0.298 e.